The number of hydrogen-bond donors (Lipinski definition) is 3. The number of hydroxylamine groups is 1. The van der Waals surface area contributed by atoms with Gasteiger partial charge in [-0.25, -0.2) is 0 Å². The van der Waals surface area contributed by atoms with Gasteiger partial charge in [0.2, 0.25) is 0 Å². The van der Waals surface area contributed by atoms with Crippen molar-refractivity contribution in [3.63, 3.8) is 0 Å². The van der Waals surface area contributed by atoms with E-state index in [0.717, 1.165) is 0 Å². The molecule has 0 amide bonds. The molecule has 1 unspecified atom stereocenters. The van der Waals surface area contributed by atoms with Gasteiger partial charge in [-0.15, -0.1) is 0 Å². The summed E-state index contributed by atoms with van der Waals surface area (Å²) in [5, 5.41) is 17.3. The first kappa shape index (κ1) is 12.3. The minimum atomic E-state index is -1.04. The minimum Gasteiger partial charge on any atom is -0.481 e. The first-order valence-corrected chi connectivity index (χ1v) is 3.90. The number of carboxylic acids is 1. The van der Waals surface area contributed by atoms with Gasteiger partial charge in [0.05, 0.1) is 25.7 Å². The van der Waals surface area contributed by atoms with Crippen molar-refractivity contribution in [2.45, 2.75) is 12.5 Å². The molecule has 0 bridgehead atoms. The first-order chi connectivity index (χ1) is 6.16. The Labute approximate surface area is 76.4 Å². The van der Waals surface area contributed by atoms with E-state index >= 15 is 0 Å². The van der Waals surface area contributed by atoms with Crippen LogP contribution in [-0.4, -0.2) is 49.2 Å². The molecule has 0 saturated heterocycles. The van der Waals surface area contributed by atoms with Crippen molar-refractivity contribution in [1.29, 1.82) is 0 Å². The number of carboxylic acid groups (broad SMARTS) is 1. The van der Waals surface area contributed by atoms with E-state index in [1.165, 1.54) is 0 Å². The summed E-state index contributed by atoms with van der Waals surface area (Å²) in [6.45, 7) is 0.897. The van der Waals surface area contributed by atoms with Crippen LogP contribution in [0.3, 0.4) is 0 Å². The number of carbonyl (C=O) groups is 1. The molecular weight excluding hydrogens is 178 g/mol. The molecule has 0 aliphatic rings. The molecule has 78 valence electrons. The van der Waals surface area contributed by atoms with Crippen molar-refractivity contribution in [1.82, 2.24) is 5.48 Å². The van der Waals surface area contributed by atoms with Crippen LogP contribution in [0.25, 0.3) is 0 Å². The second-order valence-electron chi connectivity index (χ2n) is 2.44. The van der Waals surface area contributed by atoms with Gasteiger partial charge in [0.1, 0.15) is 0 Å². The van der Waals surface area contributed by atoms with Crippen molar-refractivity contribution in [2.24, 2.45) is 0 Å². The standard InChI is InChI=1S/C7H15NO5/c1-12-2-3-13-8-5-6(9)4-7(10)11/h6,8-9H,2-5H2,1H3,(H,10,11). The summed E-state index contributed by atoms with van der Waals surface area (Å²) in [7, 11) is 1.54. The third-order valence-electron chi connectivity index (χ3n) is 1.22. The van der Waals surface area contributed by atoms with Crippen molar-refractivity contribution in [3.05, 3.63) is 0 Å². The van der Waals surface area contributed by atoms with Crippen LogP contribution in [0.1, 0.15) is 6.42 Å². The molecular formula is C7H15NO5. The average Bonchev–Trinajstić information content (AvgIpc) is 2.02. The zero-order valence-corrected chi connectivity index (χ0v) is 7.52. The number of aliphatic carboxylic acids is 1. The highest BCUT2D eigenvalue weighted by Crippen LogP contribution is 1.88. The molecule has 0 fully saturated rings. The van der Waals surface area contributed by atoms with Crippen molar-refractivity contribution >= 4 is 5.97 Å². The zero-order valence-electron chi connectivity index (χ0n) is 7.52. The highest BCUT2D eigenvalue weighted by atomic mass is 16.7. The Hall–Kier alpha value is -0.690. The van der Waals surface area contributed by atoms with E-state index in [0.29, 0.717) is 13.2 Å². The van der Waals surface area contributed by atoms with Crippen LogP contribution in [0.5, 0.6) is 0 Å². The van der Waals surface area contributed by atoms with Gasteiger partial charge in [-0.3, -0.25) is 9.63 Å². The SMILES string of the molecule is COCCONCC(O)CC(=O)O. The van der Waals surface area contributed by atoms with E-state index in [1.54, 1.807) is 7.11 Å². The Balaban J connectivity index is 3.17. The van der Waals surface area contributed by atoms with E-state index in [-0.39, 0.29) is 13.0 Å². The van der Waals surface area contributed by atoms with Crippen LogP contribution in [0.4, 0.5) is 0 Å². The minimum absolute atomic E-state index is 0.0933. The molecule has 1 atom stereocenters. The molecule has 0 rings (SSSR count). The van der Waals surface area contributed by atoms with E-state index in [2.05, 4.69) is 5.48 Å². The van der Waals surface area contributed by atoms with Gasteiger partial charge in [-0.2, -0.15) is 5.48 Å². The third kappa shape index (κ3) is 9.22. The van der Waals surface area contributed by atoms with Crippen molar-refractivity contribution in [3.8, 4) is 0 Å². The quantitative estimate of drug-likeness (QED) is 0.338. The second-order valence-corrected chi connectivity index (χ2v) is 2.44. The van der Waals surface area contributed by atoms with Crippen molar-refractivity contribution in [2.75, 3.05) is 26.9 Å². The lowest BCUT2D eigenvalue weighted by Gasteiger charge is -2.09. The lowest BCUT2D eigenvalue weighted by molar-refractivity contribution is -0.139. The molecule has 6 nitrogen and oxygen atoms in total. The molecule has 0 aromatic heterocycles. The maximum Gasteiger partial charge on any atom is 0.306 e. The zero-order chi connectivity index (χ0) is 10.1. The number of rotatable bonds is 8. The van der Waals surface area contributed by atoms with Gasteiger partial charge < -0.3 is 14.9 Å². The van der Waals surface area contributed by atoms with Crippen LogP contribution in [-0.2, 0) is 14.4 Å². The summed E-state index contributed by atoms with van der Waals surface area (Å²) in [6.07, 6.45) is -1.22. The molecule has 3 N–H and O–H groups in total. The van der Waals surface area contributed by atoms with Gasteiger partial charge in [0.15, 0.2) is 0 Å². The fraction of sp³-hybridized carbons (Fsp3) is 0.857. The summed E-state index contributed by atoms with van der Waals surface area (Å²) < 4.78 is 4.69. The topological polar surface area (TPSA) is 88.0 Å². The lowest BCUT2D eigenvalue weighted by atomic mass is 10.2. The monoisotopic (exact) mass is 193 g/mol. The largest absolute Gasteiger partial charge is 0.481 e. The molecule has 0 aliphatic heterocycles. The summed E-state index contributed by atoms with van der Waals surface area (Å²) in [4.78, 5) is 14.9. The van der Waals surface area contributed by atoms with Crippen LogP contribution in [0, 0.1) is 0 Å². The molecule has 0 aliphatic carbocycles. The van der Waals surface area contributed by atoms with Gasteiger partial charge >= 0.3 is 5.97 Å². The number of aliphatic hydroxyl groups excluding tert-OH is 1. The summed E-state index contributed by atoms with van der Waals surface area (Å²) >= 11 is 0. The molecule has 0 spiro atoms. The Bertz CT molecular complexity index is 141. The Morgan fingerprint density at radius 2 is 2.23 bits per heavy atom. The van der Waals surface area contributed by atoms with E-state index in [1.807, 2.05) is 0 Å². The maximum absolute atomic E-state index is 10.1. The van der Waals surface area contributed by atoms with E-state index < -0.39 is 12.1 Å². The predicted molar refractivity (Wildman–Crippen MR) is 44.1 cm³/mol. The van der Waals surface area contributed by atoms with Gasteiger partial charge in [0.25, 0.3) is 0 Å². The highest BCUT2D eigenvalue weighted by molar-refractivity contribution is 5.67. The van der Waals surface area contributed by atoms with Crippen LogP contribution >= 0.6 is 0 Å². The van der Waals surface area contributed by atoms with Gasteiger partial charge in [-0.1, -0.05) is 0 Å². The second kappa shape index (κ2) is 7.93. The Kier molecular flexibility index (Phi) is 7.51. The predicted octanol–water partition coefficient (Wildman–Crippen LogP) is -1.01. The fourth-order valence-corrected chi connectivity index (χ4v) is 0.626. The normalized spacial score (nSPS) is 12.8. The fourth-order valence-electron chi connectivity index (χ4n) is 0.626. The number of ether oxygens (including phenoxy) is 1. The summed E-state index contributed by atoms with van der Waals surface area (Å²) in [6, 6.07) is 0. The maximum atomic E-state index is 10.1. The molecule has 0 aromatic rings. The number of hydrogen-bond acceptors (Lipinski definition) is 5. The van der Waals surface area contributed by atoms with Gasteiger partial charge in [0, 0.05) is 13.7 Å². The highest BCUT2D eigenvalue weighted by Gasteiger charge is 2.08. The van der Waals surface area contributed by atoms with Crippen LogP contribution in [0.2, 0.25) is 0 Å². The van der Waals surface area contributed by atoms with E-state index in [4.69, 9.17) is 19.8 Å². The number of nitrogens with one attached hydrogen (secondary N) is 1. The molecule has 0 saturated carbocycles. The molecule has 0 aromatic carbocycles. The van der Waals surface area contributed by atoms with Crippen LogP contribution < -0.4 is 5.48 Å². The van der Waals surface area contributed by atoms with E-state index in [9.17, 15) is 4.79 Å². The summed E-state index contributed by atoms with van der Waals surface area (Å²) in [5.41, 5.74) is 2.43. The molecule has 0 radical (unpaired) electrons. The lowest BCUT2D eigenvalue weighted by Crippen LogP contribution is -2.29. The number of aliphatic hydroxyl groups is 1. The molecule has 13 heavy (non-hydrogen) atoms. The Morgan fingerprint density at radius 1 is 1.54 bits per heavy atom. The molecule has 6 heteroatoms. The van der Waals surface area contributed by atoms with Crippen LogP contribution in [0.15, 0.2) is 0 Å². The summed E-state index contributed by atoms with van der Waals surface area (Å²) in [5.74, 6) is -1.04. The van der Waals surface area contributed by atoms with Crippen molar-refractivity contribution < 1.29 is 24.6 Å². The third-order valence-corrected chi connectivity index (χ3v) is 1.22. The smallest absolute Gasteiger partial charge is 0.306 e. The number of methoxy groups -OCH3 is 1. The average molecular weight is 193 g/mol. The Morgan fingerprint density at radius 3 is 2.77 bits per heavy atom. The first-order valence-electron chi connectivity index (χ1n) is 3.90. The van der Waals surface area contributed by atoms with Gasteiger partial charge in [-0.05, 0) is 0 Å². The molecule has 0 heterocycles.